The molecule has 32 heavy (non-hydrogen) atoms. The molecule has 4 atom stereocenters. The normalized spacial score (nSPS) is 30.9. The van der Waals surface area contributed by atoms with Gasteiger partial charge < -0.3 is 15.0 Å². The molecule has 0 bridgehead atoms. The number of rotatable bonds is 4. The Morgan fingerprint density at radius 1 is 1.28 bits per heavy atom. The predicted molar refractivity (Wildman–Crippen MR) is 120 cm³/mol. The van der Waals surface area contributed by atoms with E-state index in [9.17, 15) is 14.4 Å². The smallest absolute Gasteiger partial charge is 0.230 e. The number of carbonyl (C=O) groups is 3. The number of hydrogen-bond donors (Lipinski definition) is 2. The van der Waals surface area contributed by atoms with Crippen molar-refractivity contribution in [1.29, 1.82) is 0 Å². The maximum absolute atomic E-state index is 13.4. The number of Topliss-reactive ketones (excluding diaryl/α,β-unsaturated/α-hetero) is 1. The summed E-state index contributed by atoms with van der Waals surface area (Å²) >= 11 is 0. The highest BCUT2D eigenvalue weighted by Gasteiger charge is 2.44. The van der Waals surface area contributed by atoms with Gasteiger partial charge in [0.05, 0.1) is 0 Å². The molecular formula is C25H29N3O4. The van der Waals surface area contributed by atoms with Gasteiger partial charge in [-0.25, -0.2) is 0 Å². The van der Waals surface area contributed by atoms with Gasteiger partial charge in [0.1, 0.15) is 18.0 Å². The number of ketones is 1. The van der Waals surface area contributed by atoms with Crippen molar-refractivity contribution in [3.05, 3.63) is 65.7 Å². The number of fused-ring (bicyclic) bond motifs is 2. The molecule has 3 heterocycles. The summed E-state index contributed by atoms with van der Waals surface area (Å²) in [7, 11) is 0. The molecule has 0 radical (unpaired) electrons. The summed E-state index contributed by atoms with van der Waals surface area (Å²) in [5.41, 5.74) is 2.33. The van der Waals surface area contributed by atoms with Crippen LogP contribution in [0, 0.1) is 17.8 Å². The van der Waals surface area contributed by atoms with E-state index >= 15 is 0 Å². The van der Waals surface area contributed by atoms with Crippen molar-refractivity contribution >= 4 is 17.6 Å². The zero-order chi connectivity index (χ0) is 22.5. The van der Waals surface area contributed by atoms with Crippen LogP contribution in [0.25, 0.3) is 0 Å². The fourth-order valence-electron chi connectivity index (χ4n) is 5.23. The SMILES string of the molecule is CC1Cc2c(OCC3=CN4C=CNC4(C)C=C3)cccc2C(=O)C1C1CCC(=O)NC1=O.[HH]. The minimum absolute atomic E-state index is 0. The summed E-state index contributed by atoms with van der Waals surface area (Å²) in [6.07, 6.45) is 11.5. The minimum Gasteiger partial charge on any atom is -0.489 e. The fraction of sp³-hybridized carbons (Fsp3) is 0.400. The third-order valence-electron chi connectivity index (χ3n) is 7.02. The molecule has 168 valence electrons. The van der Waals surface area contributed by atoms with Crippen LogP contribution in [0.15, 0.2) is 54.5 Å². The van der Waals surface area contributed by atoms with Gasteiger partial charge in [0.2, 0.25) is 11.8 Å². The average molecular weight is 436 g/mol. The second kappa shape index (κ2) is 7.65. The van der Waals surface area contributed by atoms with E-state index in [1.807, 2.05) is 37.5 Å². The summed E-state index contributed by atoms with van der Waals surface area (Å²) < 4.78 is 6.17. The van der Waals surface area contributed by atoms with Crippen LogP contribution in [-0.2, 0) is 16.0 Å². The Balaban J connectivity index is 0.00000259. The third kappa shape index (κ3) is 3.42. The minimum atomic E-state index is -0.457. The van der Waals surface area contributed by atoms with Gasteiger partial charge in [0.15, 0.2) is 5.78 Å². The molecule has 2 amide bonds. The van der Waals surface area contributed by atoms with Crippen molar-refractivity contribution in [3.63, 3.8) is 0 Å². The van der Waals surface area contributed by atoms with Crippen LogP contribution in [0.2, 0.25) is 0 Å². The van der Waals surface area contributed by atoms with E-state index in [1.165, 1.54) is 0 Å². The van der Waals surface area contributed by atoms with Gasteiger partial charge in [-0.05, 0) is 37.8 Å². The van der Waals surface area contributed by atoms with E-state index in [2.05, 4.69) is 40.8 Å². The van der Waals surface area contributed by atoms with Crippen LogP contribution < -0.4 is 15.4 Å². The number of piperidine rings is 1. The molecular weight excluding hydrogens is 406 g/mol. The van der Waals surface area contributed by atoms with Crippen molar-refractivity contribution in [3.8, 4) is 5.75 Å². The number of nitrogens with one attached hydrogen (secondary N) is 2. The number of ether oxygens (including phenoxy) is 1. The first-order valence-electron chi connectivity index (χ1n) is 11.1. The summed E-state index contributed by atoms with van der Waals surface area (Å²) in [4.78, 5) is 39.5. The monoisotopic (exact) mass is 435 g/mol. The van der Waals surface area contributed by atoms with Crippen LogP contribution in [0.1, 0.15) is 44.0 Å². The van der Waals surface area contributed by atoms with Crippen molar-refractivity contribution in [1.82, 2.24) is 15.5 Å². The van der Waals surface area contributed by atoms with Crippen molar-refractivity contribution < 1.29 is 20.5 Å². The molecule has 1 aromatic carbocycles. The summed E-state index contributed by atoms with van der Waals surface area (Å²) in [6.45, 7) is 4.50. The van der Waals surface area contributed by atoms with E-state index in [0.29, 0.717) is 30.8 Å². The Kier molecular flexibility index (Phi) is 4.92. The zero-order valence-electron chi connectivity index (χ0n) is 18.3. The lowest BCUT2D eigenvalue weighted by Crippen LogP contribution is -2.48. The highest BCUT2D eigenvalue weighted by Crippen LogP contribution is 2.40. The lowest BCUT2D eigenvalue weighted by molar-refractivity contribution is -0.137. The third-order valence-corrected chi connectivity index (χ3v) is 7.02. The maximum Gasteiger partial charge on any atom is 0.230 e. The van der Waals surface area contributed by atoms with Gasteiger partial charge in [0.25, 0.3) is 0 Å². The molecule has 4 unspecified atom stereocenters. The maximum atomic E-state index is 13.4. The Bertz CT molecular complexity index is 1100. The van der Waals surface area contributed by atoms with Gasteiger partial charge in [0, 0.05) is 55.0 Å². The lowest BCUT2D eigenvalue weighted by atomic mass is 9.68. The van der Waals surface area contributed by atoms with E-state index in [-0.39, 0.29) is 37.0 Å². The van der Waals surface area contributed by atoms with E-state index in [1.54, 1.807) is 0 Å². The fourth-order valence-corrected chi connectivity index (χ4v) is 5.23. The lowest BCUT2D eigenvalue weighted by Gasteiger charge is -2.36. The molecule has 3 aliphatic heterocycles. The topological polar surface area (TPSA) is 87.7 Å². The van der Waals surface area contributed by atoms with Crippen LogP contribution in [0.5, 0.6) is 5.75 Å². The van der Waals surface area contributed by atoms with Crippen LogP contribution in [0.4, 0.5) is 0 Å². The molecule has 1 aromatic rings. The van der Waals surface area contributed by atoms with Crippen LogP contribution in [0.3, 0.4) is 0 Å². The van der Waals surface area contributed by atoms with Gasteiger partial charge in [-0.2, -0.15) is 0 Å². The molecule has 1 saturated heterocycles. The standard InChI is InChI=1S/C25H27N3O4.H2/c1-15-12-19-17(23(30)22(15)18-6-7-21(29)27-24(18)31)4-3-5-20(19)32-14-16-8-9-25(2)26-10-11-28(25)13-16;/h3-5,8-11,13,15,18,22,26H,6-7,12,14H2,1-2H3,(H,27,29,31);1H. The van der Waals surface area contributed by atoms with E-state index in [0.717, 1.165) is 11.1 Å². The first kappa shape index (κ1) is 20.5. The molecule has 0 aromatic heterocycles. The number of amides is 2. The molecule has 4 aliphatic rings. The van der Waals surface area contributed by atoms with Gasteiger partial charge in [-0.3, -0.25) is 19.7 Å². The Morgan fingerprint density at radius 3 is 2.94 bits per heavy atom. The number of nitrogens with zero attached hydrogens (tertiary/aromatic N) is 1. The van der Waals surface area contributed by atoms with Gasteiger partial charge in [-0.1, -0.05) is 25.1 Å². The van der Waals surface area contributed by atoms with Crippen LogP contribution >= 0.6 is 0 Å². The van der Waals surface area contributed by atoms with Crippen LogP contribution in [-0.4, -0.2) is 34.8 Å². The molecule has 7 nitrogen and oxygen atoms in total. The first-order valence-corrected chi connectivity index (χ1v) is 11.1. The Hall–Kier alpha value is -3.35. The molecule has 5 rings (SSSR count). The molecule has 1 aliphatic carbocycles. The summed E-state index contributed by atoms with van der Waals surface area (Å²) in [5.74, 6) is -0.787. The second-order valence-corrected chi connectivity index (χ2v) is 9.25. The second-order valence-electron chi connectivity index (χ2n) is 9.25. The van der Waals surface area contributed by atoms with Crippen molar-refractivity contribution in [2.45, 2.75) is 38.8 Å². The Morgan fingerprint density at radius 2 is 2.12 bits per heavy atom. The average Bonchev–Trinajstić information content (AvgIpc) is 3.14. The number of imide groups is 1. The predicted octanol–water partition coefficient (Wildman–Crippen LogP) is 2.90. The highest BCUT2D eigenvalue weighted by molar-refractivity contribution is 6.06. The first-order chi connectivity index (χ1) is 15.4. The molecule has 2 N–H and O–H groups in total. The van der Waals surface area contributed by atoms with Crippen molar-refractivity contribution in [2.24, 2.45) is 17.8 Å². The summed E-state index contributed by atoms with van der Waals surface area (Å²) in [5, 5.41) is 5.70. The molecule has 7 heteroatoms. The number of hydrogen-bond acceptors (Lipinski definition) is 6. The Labute approximate surface area is 188 Å². The largest absolute Gasteiger partial charge is 0.489 e. The van der Waals surface area contributed by atoms with Gasteiger partial charge in [-0.15, -0.1) is 0 Å². The summed E-state index contributed by atoms with van der Waals surface area (Å²) in [6, 6.07) is 5.56. The number of carbonyl (C=O) groups excluding carboxylic acids is 3. The van der Waals surface area contributed by atoms with E-state index in [4.69, 9.17) is 4.74 Å². The van der Waals surface area contributed by atoms with Crippen molar-refractivity contribution in [2.75, 3.05) is 6.61 Å². The molecule has 0 saturated carbocycles. The molecule has 1 fully saturated rings. The number of benzene rings is 1. The molecule has 0 spiro atoms. The quantitative estimate of drug-likeness (QED) is 0.707. The van der Waals surface area contributed by atoms with Gasteiger partial charge >= 0.3 is 0 Å². The van der Waals surface area contributed by atoms with E-state index < -0.39 is 11.8 Å². The highest BCUT2D eigenvalue weighted by atomic mass is 16.5. The zero-order valence-corrected chi connectivity index (χ0v) is 18.3.